The molecule has 1 saturated carbocycles. The number of fused-ring (bicyclic) bond motifs is 1. The van der Waals surface area contributed by atoms with E-state index in [0.717, 1.165) is 29.6 Å². The molecule has 110 valence electrons. The highest BCUT2D eigenvalue weighted by molar-refractivity contribution is 5.97. The maximum absolute atomic E-state index is 11.2. The molecule has 0 saturated heterocycles. The van der Waals surface area contributed by atoms with Crippen molar-refractivity contribution in [3.05, 3.63) is 36.0 Å². The van der Waals surface area contributed by atoms with Crippen molar-refractivity contribution in [2.45, 2.75) is 32.6 Å². The number of hydrogen-bond acceptors (Lipinski definition) is 3. The van der Waals surface area contributed by atoms with Gasteiger partial charge in [-0.1, -0.05) is 31.5 Å². The zero-order valence-corrected chi connectivity index (χ0v) is 12.2. The summed E-state index contributed by atoms with van der Waals surface area (Å²) in [4.78, 5) is 15.4. The molecular weight excluding hydrogens is 264 g/mol. The number of aromatic carboxylic acids is 1. The summed E-state index contributed by atoms with van der Waals surface area (Å²) in [6.45, 7) is 3.13. The van der Waals surface area contributed by atoms with Gasteiger partial charge in [-0.15, -0.1) is 0 Å². The summed E-state index contributed by atoms with van der Waals surface area (Å²) in [5.74, 6) is -0.988. The van der Waals surface area contributed by atoms with Crippen LogP contribution in [0.3, 0.4) is 0 Å². The summed E-state index contributed by atoms with van der Waals surface area (Å²) < 4.78 is 0. The number of carbonyl (C=O) groups is 1. The fourth-order valence-electron chi connectivity index (χ4n) is 3.05. The Morgan fingerprint density at radius 1 is 1.38 bits per heavy atom. The molecule has 4 nitrogen and oxygen atoms in total. The Morgan fingerprint density at radius 3 is 2.76 bits per heavy atom. The number of nitrogens with one attached hydrogen (secondary N) is 1. The van der Waals surface area contributed by atoms with Crippen LogP contribution in [0.2, 0.25) is 0 Å². The molecule has 1 fully saturated rings. The Kier molecular flexibility index (Phi) is 3.53. The Labute approximate surface area is 124 Å². The van der Waals surface area contributed by atoms with Crippen LogP contribution in [0.15, 0.2) is 30.3 Å². The second-order valence-corrected chi connectivity index (χ2v) is 5.94. The van der Waals surface area contributed by atoms with Gasteiger partial charge in [0.1, 0.15) is 0 Å². The van der Waals surface area contributed by atoms with Crippen molar-refractivity contribution < 1.29 is 9.90 Å². The van der Waals surface area contributed by atoms with E-state index in [2.05, 4.69) is 17.2 Å². The van der Waals surface area contributed by atoms with Crippen LogP contribution in [0.25, 0.3) is 10.9 Å². The molecule has 21 heavy (non-hydrogen) atoms. The van der Waals surface area contributed by atoms with Gasteiger partial charge in [0.05, 0.1) is 5.52 Å². The molecule has 2 aromatic rings. The van der Waals surface area contributed by atoms with Gasteiger partial charge in [-0.25, -0.2) is 9.78 Å². The zero-order valence-electron chi connectivity index (χ0n) is 12.2. The van der Waals surface area contributed by atoms with Crippen LogP contribution < -0.4 is 5.32 Å². The van der Waals surface area contributed by atoms with Crippen LogP contribution in [-0.4, -0.2) is 22.6 Å². The van der Waals surface area contributed by atoms with E-state index in [1.54, 1.807) is 6.07 Å². The highest BCUT2D eigenvalue weighted by Gasteiger charge is 2.34. The Balaban J connectivity index is 1.94. The number of para-hydroxylation sites is 1. The maximum atomic E-state index is 11.2. The van der Waals surface area contributed by atoms with Crippen LogP contribution in [0.5, 0.6) is 0 Å². The van der Waals surface area contributed by atoms with E-state index < -0.39 is 5.97 Å². The quantitative estimate of drug-likeness (QED) is 0.873. The lowest BCUT2D eigenvalue weighted by Gasteiger charge is -2.41. The topological polar surface area (TPSA) is 62.2 Å². The van der Waals surface area contributed by atoms with E-state index in [4.69, 9.17) is 0 Å². The van der Waals surface area contributed by atoms with Crippen molar-refractivity contribution in [1.82, 2.24) is 4.98 Å². The molecule has 3 rings (SSSR count). The highest BCUT2D eigenvalue weighted by Crippen LogP contribution is 2.44. The van der Waals surface area contributed by atoms with Crippen molar-refractivity contribution in [3.8, 4) is 0 Å². The zero-order chi connectivity index (χ0) is 14.9. The van der Waals surface area contributed by atoms with Crippen molar-refractivity contribution in [2.24, 2.45) is 5.41 Å². The number of carboxylic acids is 1. The molecule has 1 aromatic heterocycles. The Bertz CT molecular complexity index is 672. The van der Waals surface area contributed by atoms with Gasteiger partial charge in [0.2, 0.25) is 0 Å². The number of benzene rings is 1. The molecular formula is C17H20N2O2. The fraction of sp³-hybridized carbons (Fsp3) is 0.412. The molecule has 0 atom stereocenters. The lowest BCUT2D eigenvalue weighted by molar-refractivity contribution is 0.0691. The van der Waals surface area contributed by atoms with E-state index in [1.165, 1.54) is 19.3 Å². The molecule has 0 radical (unpaired) electrons. The fourth-order valence-corrected chi connectivity index (χ4v) is 3.05. The summed E-state index contributed by atoms with van der Waals surface area (Å²) in [6.07, 6.45) is 4.97. The first kappa shape index (κ1) is 13.9. The van der Waals surface area contributed by atoms with Crippen molar-refractivity contribution >= 4 is 22.6 Å². The molecule has 1 heterocycles. The summed E-state index contributed by atoms with van der Waals surface area (Å²) in [5, 5.41) is 13.7. The predicted molar refractivity (Wildman–Crippen MR) is 83.8 cm³/mol. The molecule has 1 aromatic carbocycles. The van der Waals surface area contributed by atoms with Crippen LogP contribution in [0.1, 0.15) is 43.1 Å². The SMILES string of the molecule is CCC1(CNc2cc(C(=O)O)nc3ccccc23)CCC1. The summed E-state index contributed by atoms with van der Waals surface area (Å²) in [5.41, 5.74) is 2.07. The largest absolute Gasteiger partial charge is 0.477 e. The molecule has 4 heteroatoms. The first-order valence-electron chi connectivity index (χ1n) is 7.50. The number of carboxylic acid groups (broad SMARTS) is 1. The van der Waals surface area contributed by atoms with Crippen molar-refractivity contribution in [3.63, 3.8) is 0 Å². The molecule has 0 unspecified atom stereocenters. The number of pyridine rings is 1. The van der Waals surface area contributed by atoms with E-state index >= 15 is 0 Å². The van der Waals surface area contributed by atoms with Gasteiger partial charge >= 0.3 is 5.97 Å². The molecule has 0 amide bonds. The smallest absolute Gasteiger partial charge is 0.354 e. The highest BCUT2D eigenvalue weighted by atomic mass is 16.4. The van der Waals surface area contributed by atoms with Gasteiger partial charge in [0, 0.05) is 17.6 Å². The van der Waals surface area contributed by atoms with Gasteiger partial charge in [-0.3, -0.25) is 0 Å². The summed E-state index contributed by atoms with van der Waals surface area (Å²) in [7, 11) is 0. The standard InChI is InChI=1S/C17H20N2O2/c1-2-17(8-5-9-17)11-18-14-10-15(16(20)21)19-13-7-4-3-6-12(13)14/h3-4,6-7,10H,2,5,8-9,11H2,1H3,(H,18,19)(H,20,21). The van der Waals surface area contributed by atoms with E-state index in [0.29, 0.717) is 5.41 Å². The van der Waals surface area contributed by atoms with Crippen LogP contribution in [0, 0.1) is 5.41 Å². The normalized spacial score (nSPS) is 16.4. The van der Waals surface area contributed by atoms with Crippen LogP contribution in [0.4, 0.5) is 5.69 Å². The average Bonchev–Trinajstić information content (AvgIpc) is 2.46. The molecule has 1 aliphatic carbocycles. The molecule has 1 aliphatic rings. The third-order valence-electron chi connectivity index (χ3n) is 4.75. The van der Waals surface area contributed by atoms with E-state index in [-0.39, 0.29) is 5.69 Å². The summed E-state index contributed by atoms with van der Waals surface area (Å²) in [6, 6.07) is 9.31. The minimum atomic E-state index is -0.988. The number of anilines is 1. The van der Waals surface area contributed by atoms with Crippen molar-refractivity contribution in [2.75, 3.05) is 11.9 Å². The number of hydrogen-bond donors (Lipinski definition) is 2. The van der Waals surface area contributed by atoms with Crippen LogP contribution >= 0.6 is 0 Å². The third-order valence-corrected chi connectivity index (χ3v) is 4.75. The Morgan fingerprint density at radius 2 is 2.14 bits per heavy atom. The summed E-state index contributed by atoms with van der Waals surface area (Å²) >= 11 is 0. The molecule has 0 aliphatic heterocycles. The van der Waals surface area contributed by atoms with Gasteiger partial charge in [-0.2, -0.15) is 0 Å². The van der Waals surface area contributed by atoms with Gasteiger partial charge in [0.15, 0.2) is 5.69 Å². The van der Waals surface area contributed by atoms with E-state index in [9.17, 15) is 9.90 Å². The van der Waals surface area contributed by atoms with E-state index in [1.807, 2.05) is 24.3 Å². The third kappa shape index (κ3) is 2.58. The monoisotopic (exact) mass is 284 g/mol. The minimum absolute atomic E-state index is 0.0929. The number of aromatic nitrogens is 1. The lowest BCUT2D eigenvalue weighted by atomic mass is 9.67. The number of rotatable bonds is 5. The minimum Gasteiger partial charge on any atom is -0.477 e. The van der Waals surface area contributed by atoms with Gasteiger partial charge in [0.25, 0.3) is 0 Å². The predicted octanol–water partition coefficient (Wildman–Crippen LogP) is 3.93. The Hall–Kier alpha value is -2.10. The maximum Gasteiger partial charge on any atom is 0.354 e. The molecule has 0 spiro atoms. The first-order chi connectivity index (χ1) is 10.1. The second kappa shape index (κ2) is 5.35. The molecule has 2 N–H and O–H groups in total. The van der Waals surface area contributed by atoms with Gasteiger partial charge in [-0.05, 0) is 36.8 Å². The lowest BCUT2D eigenvalue weighted by Crippen LogP contribution is -2.35. The first-order valence-corrected chi connectivity index (χ1v) is 7.50. The second-order valence-electron chi connectivity index (χ2n) is 5.94. The van der Waals surface area contributed by atoms with Crippen molar-refractivity contribution in [1.29, 1.82) is 0 Å². The molecule has 0 bridgehead atoms. The van der Waals surface area contributed by atoms with Crippen LogP contribution in [-0.2, 0) is 0 Å². The average molecular weight is 284 g/mol. The number of nitrogens with zero attached hydrogens (tertiary/aromatic N) is 1. The van der Waals surface area contributed by atoms with Gasteiger partial charge < -0.3 is 10.4 Å².